The molecule has 0 radical (unpaired) electrons. The molecule has 1 aromatic heterocycles. The second kappa shape index (κ2) is 7.19. The van der Waals surface area contributed by atoms with Gasteiger partial charge in [0, 0.05) is 43.2 Å². The Labute approximate surface area is 154 Å². The van der Waals surface area contributed by atoms with Gasteiger partial charge in [-0.3, -0.25) is 10.00 Å². The van der Waals surface area contributed by atoms with Crippen LogP contribution in [0.3, 0.4) is 0 Å². The summed E-state index contributed by atoms with van der Waals surface area (Å²) in [5.74, 6) is 2.81. The third-order valence-electron chi connectivity index (χ3n) is 5.48. The van der Waals surface area contributed by atoms with Gasteiger partial charge in [0.1, 0.15) is 0 Å². The van der Waals surface area contributed by atoms with Crippen molar-refractivity contribution in [3.63, 3.8) is 0 Å². The highest BCUT2D eigenvalue weighted by atomic mass is 16.5. The lowest BCUT2D eigenvalue weighted by atomic mass is 10.1. The zero-order valence-corrected chi connectivity index (χ0v) is 15.8. The fraction of sp³-hybridized carbons (Fsp3) is 0.550. The molecule has 1 fully saturated rings. The minimum absolute atomic E-state index is 0.660. The van der Waals surface area contributed by atoms with E-state index in [0.29, 0.717) is 17.4 Å². The van der Waals surface area contributed by atoms with E-state index in [1.165, 1.54) is 29.8 Å². The van der Waals surface area contributed by atoms with Crippen LogP contribution in [-0.4, -0.2) is 49.5 Å². The molecule has 0 amide bonds. The molecule has 26 heavy (non-hydrogen) atoms. The standard InChI is InChI=1S/C20H27N3O3/c1-24-17-7-6-14(19(25-2)20(17)26-3)12-23-10-8-15-16(9-11-23)21-22-18(15)13-4-5-13/h6-7,13H,4-5,8-12H2,1-3H3,(H,21,22). The number of aromatic nitrogens is 2. The Hall–Kier alpha value is -2.21. The molecule has 6 nitrogen and oxygen atoms in total. The van der Waals surface area contributed by atoms with Crippen LogP contribution in [0.15, 0.2) is 12.1 Å². The highest BCUT2D eigenvalue weighted by Crippen LogP contribution is 2.42. The first kappa shape index (κ1) is 17.2. The largest absolute Gasteiger partial charge is 0.493 e. The van der Waals surface area contributed by atoms with Crippen LogP contribution in [0.25, 0.3) is 0 Å². The summed E-state index contributed by atoms with van der Waals surface area (Å²) in [5.41, 5.74) is 5.24. The Morgan fingerprint density at radius 1 is 1.04 bits per heavy atom. The maximum Gasteiger partial charge on any atom is 0.203 e. The second-order valence-electron chi connectivity index (χ2n) is 7.11. The van der Waals surface area contributed by atoms with Gasteiger partial charge >= 0.3 is 0 Å². The maximum absolute atomic E-state index is 5.64. The summed E-state index contributed by atoms with van der Waals surface area (Å²) in [6.07, 6.45) is 4.67. The van der Waals surface area contributed by atoms with Crippen LogP contribution in [0.1, 0.15) is 41.3 Å². The molecule has 2 heterocycles. The number of nitrogens with one attached hydrogen (secondary N) is 1. The van der Waals surface area contributed by atoms with Crippen molar-refractivity contribution in [2.45, 2.75) is 38.1 Å². The number of rotatable bonds is 6. The number of benzene rings is 1. The molecule has 4 rings (SSSR count). The molecule has 0 bridgehead atoms. The van der Waals surface area contributed by atoms with E-state index >= 15 is 0 Å². The molecule has 1 aliphatic heterocycles. The maximum atomic E-state index is 5.64. The van der Waals surface area contributed by atoms with Crippen molar-refractivity contribution in [1.29, 1.82) is 0 Å². The Morgan fingerprint density at radius 3 is 2.50 bits per heavy atom. The van der Waals surface area contributed by atoms with E-state index in [4.69, 9.17) is 14.2 Å². The molecule has 6 heteroatoms. The first-order chi connectivity index (χ1) is 12.7. The minimum Gasteiger partial charge on any atom is -0.493 e. The van der Waals surface area contributed by atoms with Crippen LogP contribution in [0.2, 0.25) is 0 Å². The number of hydrogen-bond donors (Lipinski definition) is 1. The number of methoxy groups -OCH3 is 3. The van der Waals surface area contributed by atoms with Crippen LogP contribution in [0.5, 0.6) is 17.2 Å². The van der Waals surface area contributed by atoms with E-state index in [0.717, 1.165) is 43.8 Å². The van der Waals surface area contributed by atoms with Gasteiger partial charge in [0.15, 0.2) is 11.5 Å². The summed E-state index contributed by atoms with van der Waals surface area (Å²) in [7, 11) is 4.97. The quantitative estimate of drug-likeness (QED) is 0.861. The van der Waals surface area contributed by atoms with Crippen molar-refractivity contribution in [3.05, 3.63) is 34.6 Å². The lowest BCUT2D eigenvalue weighted by Gasteiger charge is -2.22. The molecule has 0 atom stereocenters. The van der Waals surface area contributed by atoms with Gasteiger partial charge in [-0.05, 0) is 30.9 Å². The Balaban J connectivity index is 1.51. The lowest BCUT2D eigenvalue weighted by Crippen LogP contribution is -2.26. The Morgan fingerprint density at radius 2 is 1.81 bits per heavy atom. The predicted molar refractivity (Wildman–Crippen MR) is 99.3 cm³/mol. The third kappa shape index (κ3) is 3.14. The number of aromatic amines is 1. The SMILES string of the molecule is COc1ccc(CN2CCc3[nH]nc(C4CC4)c3CC2)c(OC)c1OC. The number of ether oxygens (including phenoxy) is 3. The Kier molecular flexibility index (Phi) is 4.76. The number of H-pyrrole nitrogens is 1. The zero-order valence-electron chi connectivity index (χ0n) is 15.8. The van der Waals surface area contributed by atoms with Crippen molar-refractivity contribution in [3.8, 4) is 17.2 Å². The zero-order chi connectivity index (χ0) is 18.1. The molecule has 2 aromatic rings. The van der Waals surface area contributed by atoms with E-state index in [1.807, 2.05) is 6.07 Å². The first-order valence-corrected chi connectivity index (χ1v) is 9.31. The van der Waals surface area contributed by atoms with Crippen LogP contribution in [0.4, 0.5) is 0 Å². The normalized spacial score (nSPS) is 17.5. The van der Waals surface area contributed by atoms with E-state index < -0.39 is 0 Å². The molecule has 0 saturated heterocycles. The first-order valence-electron chi connectivity index (χ1n) is 9.31. The molecular formula is C20H27N3O3. The molecule has 1 aliphatic carbocycles. The summed E-state index contributed by atoms with van der Waals surface area (Å²) < 4.78 is 16.5. The molecule has 1 saturated carbocycles. The number of hydrogen-bond acceptors (Lipinski definition) is 5. The van der Waals surface area contributed by atoms with Crippen LogP contribution in [-0.2, 0) is 19.4 Å². The lowest BCUT2D eigenvalue weighted by molar-refractivity contribution is 0.268. The monoisotopic (exact) mass is 357 g/mol. The Bertz CT molecular complexity index is 783. The van der Waals surface area contributed by atoms with Crippen molar-refractivity contribution in [2.24, 2.45) is 0 Å². The van der Waals surface area contributed by atoms with E-state index in [1.54, 1.807) is 21.3 Å². The van der Waals surface area contributed by atoms with Gasteiger partial charge in [0.25, 0.3) is 0 Å². The fourth-order valence-corrected chi connectivity index (χ4v) is 3.94. The average molecular weight is 357 g/mol. The van der Waals surface area contributed by atoms with E-state index in [9.17, 15) is 0 Å². The smallest absolute Gasteiger partial charge is 0.203 e. The molecule has 2 aliphatic rings. The van der Waals surface area contributed by atoms with Crippen molar-refractivity contribution in [2.75, 3.05) is 34.4 Å². The third-order valence-corrected chi connectivity index (χ3v) is 5.48. The van der Waals surface area contributed by atoms with Crippen molar-refractivity contribution >= 4 is 0 Å². The topological polar surface area (TPSA) is 59.6 Å². The highest BCUT2D eigenvalue weighted by molar-refractivity contribution is 5.55. The van der Waals surface area contributed by atoms with Crippen LogP contribution < -0.4 is 14.2 Å². The van der Waals surface area contributed by atoms with Crippen molar-refractivity contribution in [1.82, 2.24) is 15.1 Å². The molecule has 1 N–H and O–H groups in total. The van der Waals surface area contributed by atoms with Gasteiger partial charge in [-0.1, -0.05) is 6.07 Å². The van der Waals surface area contributed by atoms with Gasteiger partial charge in [0.05, 0.1) is 27.0 Å². The molecule has 0 spiro atoms. The van der Waals surface area contributed by atoms with Crippen LogP contribution >= 0.6 is 0 Å². The molecular weight excluding hydrogens is 330 g/mol. The average Bonchev–Trinajstić information content (AvgIpc) is 3.46. The number of fused-ring (bicyclic) bond motifs is 1. The van der Waals surface area contributed by atoms with Gasteiger partial charge in [-0.2, -0.15) is 5.10 Å². The molecule has 140 valence electrons. The summed E-state index contributed by atoms with van der Waals surface area (Å²) >= 11 is 0. The number of nitrogens with zero attached hydrogens (tertiary/aromatic N) is 2. The summed E-state index contributed by atoms with van der Waals surface area (Å²) in [6.45, 7) is 2.88. The van der Waals surface area contributed by atoms with Gasteiger partial charge in [0.2, 0.25) is 5.75 Å². The van der Waals surface area contributed by atoms with Gasteiger partial charge < -0.3 is 14.2 Å². The summed E-state index contributed by atoms with van der Waals surface area (Å²) in [5, 5.41) is 7.88. The highest BCUT2D eigenvalue weighted by Gasteiger charge is 2.31. The molecule has 0 unspecified atom stereocenters. The predicted octanol–water partition coefficient (Wildman–Crippen LogP) is 2.91. The summed E-state index contributed by atoms with van der Waals surface area (Å²) in [6, 6.07) is 4.02. The second-order valence-corrected chi connectivity index (χ2v) is 7.11. The summed E-state index contributed by atoms with van der Waals surface area (Å²) in [4.78, 5) is 2.48. The van der Waals surface area contributed by atoms with Crippen molar-refractivity contribution < 1.29 is 14.2 Å². The minimum atomic E-state index is 0.660. The van der Waals surface area contributed by atoms with E-state index in [-0.39, 0.29) is 0 Å². The van der Waals surface area contributed by atoms with Crippen LogP contribution in [0, 0.1) is 0 Å². The van der Waals surface area contributed by atoms with Gasteiger partial charge in [-0.15, -0.1) is 0 Å². The van der Waals surface area contributed by atoms with Gasteiger partial charge in [-0.25, -0.2) is 0 Å². The fourth-order valence-electron chi connectivity index (χ4n) is 3.94. The molecule has 1 aromatic carbocycles. The van der Waals surface area contributed by atoms with E-state index in [2.05, 4.69) is 21.2 Å².